The summed E-state index contributed by atoms with van der Waals surface area (Å²) >= 11 is 0. The third-order valence-electron chi connectivity index (χ3n) is 3.91. The van der Waals surface area contributed by atoms with Crippen LogP contribution >= 0.6 is 0 Å². The molecule has 3 heteroatoms. The smallest absolute Gasteiger partial charge is 0.333 e. The summed E-state index contributed by atoms with van der Waals surface area (Å²) in [6.07, 6.45) is 1.72. The minimum Gasteiger partial charge on any atom is -0.710 e. The average molecular weight is 286 g/mol. The molecule has 0 saturated heterocycles. The van der Waals surface area contributed by atoms with Crippen LogP contribution < -0.4 is 4.73 Å². The van der Waals surface area contributed by atoms with E-state index in [1.807, 2.05) is 55.5 Å². The maximum absolute atomic E-state index is 12.6. The van der Waals surface area contributed by atoms with Gasteiger partial charge in [-0.15, -0.1) is 0 Å². The normalized spacial score (nSPS) is 11.1. The van der Waals surface area contributed by atoms with Crippen molar-refractivity contribution in [2.75, 3.05) is 0 Å². The van der Waals surface area contributed by atoms with E-state index in [2.05, 4.69) is 17.1 Å². The molecule has 106 valence electrons. The highest BCUT2D eigenvalue weighted by Gasteiger charge is 2.12. The molecule has 0 aliphatic rings. The summed E-state index contributed by atoms with van der Waals surface area (Å²) in [6.45, 7) is 1.97. The van der Waals surface area contributed by atoms with Gasteiger partial charge in [-0.2, -0.15) is 0 Å². The van der Waals surface area contributed by atoms with E-state index in [4.69, 9.17) is 0 Å². The number of aryl methyl sites for hydroxylation is 1. The van der Waals surface area contributed by atoms with Gasteiger partial charge in [-0.05, 0) is 52.5 Å². The van der Waals surface area contributed by atoms with Crippen LogP contribution in [0.15, 0.2) is 66.9 Å². The van der Waals surface area contributed by atoms with Crippen LogP contribution in [-0.2, 0) is 0 Å². The zero-order chi connectivity index (χ0) is 15.1. The van der Waals surface area contributed by atoms with Crippen LogP contribution in [0, 0.1) is 12.1 Å². The summed E-state index contributed by atoms with van der Waals surface area (Å²) in [5.41, 5.74) is 3.02. The van der Waals surface area contributed by atoms with Crippen LogP contribution in [0.25, 0.3) is 33.1 Å². The Morgan fingerprint density at radius 3 is 2.50 bits per heavy atom. The molecule has 0 aliphatic heterocycles. The number of fused-ring (bicyclic) bond motifs is 2. The lowest BCUT2D eigenvalue weighted by Gasteiger charge is -2.11. The number of rotatable bonds is 1. The Morgan fingerprint density at radius 2 is 1.64 bits per heavy atom. The van der Waals surface area contributed by atoms with Crippen molar-refractivity contribution in [3.8, 4) is 11.3 Å². The Bertz CT molecular complexity index is 1010. The van der Waals surface area contributed by atoms with Crippen molar-refractivity contribution in [3.63, 3.8) is 0 Å². The number of aromatic nitrogens is 2. The predicted molar refractivity (Wildman–Crippen MR) is 88.4 cm³/mol. The standard InChI is InChI=1S/C19H14N2O/c1-13-10-17-8-9-18(21(22)19(17)20-12-13)16-7-6-14-4-2-3-5-15(14)11-16/h2-12H,1H3. The quantitative estimate of drug-likeness (QED) is 0.392. The van der Waals surface area contributed by atoms with E-state index in [0.717, 1.165) is 26.6 Å². The fourth-order valence-electron chi connectivity index (χ4n) is 2.79. The van der Waals surface area contributed by atoms with Crippen molar-refractivity contribution in [2.45, 2.75) is 6.92 Å². The van der Waals surface area contributed by atoms with Crippen LogP contribution in [-0.4, -0.2) is 4.98 Å². The third kappa shape index (κ3) is 1.99. The van der Waals surface area contributed by atoms with Gasteiger partial charge in [0, 0.05) is 5.56 Å². The summed E-state index contributed by atoms with van der Waals surface area (Å²) < 4.78 is 0.916. The average Bonchev–Trinajstić information content (AvgIpc) is 2.54. The number of benzene rings is 2. The number of nitrogens with zero attached hydrogens (tertiary/aromatic N) is 2. The van der Waals surface area contributed by atoms with E-state index >= 15 is 0 Å². The van der Waals surface area contributed by atoms with Gasteiger partial charge in [-0.1, -0.05) is 36.4 Å². The summed E-state index contributed by atoms with van der Waals surface area (Å²) in [4.78, 5) is 4.28. The minimum atomic E-state index is 0.455. The molecule has 0 saturated carbocycles. The van der Waals surface area contributed by atoms with Gasteiger partial charge in [0.15, 0.2) is 0 Å². The van der Waals surface area contributed by atoms with Gasteiger partial charge in [0.1, 0.15) is 11.9 Å². The molecule has 0 unspecified atom stereocenters. The SMILES string of the molecule is Cc1cnc2c(ccc(-c3ccc4ccccc4c3)[n+]2[O-])c1. The first-order valence-corrected chi connectivity index (χ1v) is 7.20. The Hall–Kier alpha value is -2.94. The summed E-state index contributed by atoms with van der Waals surface area (Å²) in [5, 5.41) is 15.8. The number of pyridine rings is 2. The molecule has 0 spiro atoms. The maximum Gasteiger partial charge on any atom is 0.333 e. The molecule has 0 N–H and O–H groups in total. The largest absolute Gasteiger partial charge is 0.710 e. The Morgan fingerprint density at radius 1 is 0.864 bits per heavy atom. The lowest BCUT2D eigenvalue weighted by molar-refractivity contribution is -0.567. The van der Waals surface area contributed by atoms with Crippen LogP contribution in [0.1, 0.15) is 5.56 Å². The van der Waals surface area contributed by atoms with Gasteiger partial charge in [-0.3, -0.25) is 0 Å². The maximum atomic E-state index is 12.6. The molecular weight excluding hydrogens is 272 g/mol. The van der Waals surface area contributed by atoms with Crippen molar-refractivity contribution in [3.05, 3.63) is 77.6 Å². The molecule has 0 atom stereocenters. The van der Waals surface area contributed by atoms with E-state index in [-0.39, 0.29) is 0 Å². The zero-order valence-corrected chi connectivity index (χ0v) is 12.2. The van der Waals surface area contributed by atoms with Gasteiger partial charge in [-0.25, -0.2) is 4.73 Å². The topological polar surface area (TPSA) is 39.8 Å². The minimum absolute atomic E-state index is 0.455. The molecule has 0 fully saturated rings. The first-order chi connectivity index (χ1) is 10.7. The van der Waals surface area contributed by atoms with E-state index < -0.39 is 0 Å². The Kier molecular flexibility index (Phi) is 2.79. The predicted octanol–water partition coefficient (Wildman–Crippen LogP) is 4.00. The molecule has 22 heavy (non-hydrogen) atoms. The van der Waals surface area contributed by atoms with Crippen molar-refractivity contribution in [1.29, 1.82) is 0 Å². The highest BCUT2D eigenvalue weighted by molar-refractivity contribution is 5.87. The van der Waals surface area contributed by atoms with E-state index in [0.29, 0.717) is 11.3 Å². The van der Waals surface area contributed by atoms with Crippen LogP contribution in [0.2, 0.25) is 0 Å². The van der Waals surface area contributed by atoms with Crippen LogP contribution in [0.4, 0.5) is 0 Å². The fraction of sp³-hybridized carbons (Fsp3) is 0.0526. The van der Waals surface area contributed by atoms with E-state index in [1.165, 1.54) is 5.39 Å². The van der Waals surface area contributed by atoms with Crippen LogP contribution in [0.3, 0.4) is 0 Å². The molecule has 0 aliphatic carbocycles. The molecule has 4 aromatic rings. The lowest BCUT2D eigenvalue weighted by atomic mass is 10.0. The molecule has 0 radical (unpaired) electrons. The summed E-state index contributed by atoms with van der Waals surface area (Å²) in [5.74, 6) is 0. The van der Waals surface area contributed by atoms with Crippen molar-refractivity contribution in [1.82, 2.24) is 4.98 Å². The van der Waals surface area contributed by atoms with Gasteiger partial charge in [0.25, 0.3) is 0 Å². The highest BCUT2D eigenvalue weighted by atomic mass is 16.5. The summed E-state index contributed by atoms with van der Waals surface area (Å²) in [6, 6.07) is 20.0. The molecule has 0 bridgehead atoms. The Labute approximate surface area is 128 Å². The van der Waals surface area contributed by atoms with Gasteiger partial charge in [0.05, 0.1) is 5.39 Å². The second-order valence-electron chi connectivity index (χ2n) is 5.50. The zero-order valence-electron chi connectivity index (χ0n) is 12.2. The molecule has 2 heterocycles. The third-order valence-corrected chi connectivity index (χ3v) is 3.91. The summed E-state index contributed by atoms with van der Waals surface area (Å²) in [7, 11) is 0. The second-order valence-corrected chi connectivity index (χ2v) is 5.50. The van der Waals surface area contributed by atoms with Crippen LogP contribution in [0.5, 0.6) is 0 Å². The number of hydrogen-bond acceptors (Lipinski definition) is 2. The van der Waals surface area contributed by atoms with Gasteiger partial charge < -0.3 is 5.21 Å². The second kappa shape index (κ2) is 4.81. The van der Waals surface area contributed by atoms with Gasteiger partial charge >= 0.3 is 5.65 Å². The van der Waals surface area contributed by atoms with Crippen molar-refractivity contribution >= 4 is 21.8 Å². The Balaban J connectivity index is 1.95. The van der Waals surface area contributed by atoms with Crippen molar-refractivity contribution in [2.24, 2.45) is 0 Å². The molecule has 2 aromatic carbocycles. The first kappa shape index (κ1) is 12.8. The molecular formula is C19H14N2O. The fourth-order valence-corrected chi connectivity index (χ4v) is 2.79. The van der Waals surface area contributed by atoms with E-state index in [9.17, 15) is 5.21 Å². The molecule has 3 nitrogen and oxygen atoms in total. The number of hydrogen-bond donors (Lipinski definition) is 0. The highest BCUT2D eigenvalue weighted by Crippen LogP contribution is 2.23. The molecule has 4 rings (SSSR count). The van der Waals surface area contributed by atoms with E-state index in [1.54, 1.807) is 6.20 Å². The molecule has 2 aromatic heterocycles. The van der Waals surface area contributed by atoms with Crippen molar-refractivity contribution < 1.29 is 4.73 Å². The monoisotopic (exact) mass is 286 g/mol. The lowest BCUT2D eigenvalue weighted by Crippen LogP contribution is -2.31. The molecule has 0 amide bonds. The first-order valence-electron chi connectivity index (χ1n) is 7.20. The van der Waals surface area contributed by atoms with Gasteiger partial charge in [0.2, 0.25) is 0 Å².